The van der Waals surface area contributed by atoms with Gasteiger partial charge >= 0.3 is 0 Å². The second kappa shape index (κ2) is 7.92. The van der Waals surface area contributed by atoms with Gasteiger partial charge in [0.25, 0.3) is 0 Å². The molecule has 1 aliphatic heterocycles. The molecule has 0 aliphatic carbocycles. The summed E-state index contributed by atoms with van der Waals surface area (Å²) in [5.74, 6) is 0.683. The van der Waals surface area contributed by atoms with E-state index in [0.717, 1.165) is 32.5 Å². The highest BCUT2D eigenvalue weighted by atomic mass is 16.2. The number of benzene rings is 1. The van der Waals surface area contributed by atoms with Crippen LogP contribution in [0.15, 0.2) is 48.8 Å². The molecule has 5 nitrogen and oxygen atoms in total. The Morgan fingerprint density at radius 3 is 2.91 bits per heavy atom. The van der Waals surface area contributed by atoms with Gasteiger partial charge in [0.05, 0.1) is 6.54 Å². The maximum Gasteiger partial charge on any atom is 0.234 e. The van der Waals surface area contributed by atoms with Crippen molar-refractivity contribution in [3.8, 4) is 0 Å². The summed E-state index contributed by atoms with van der Waals surface area (Å²) in [5, 5.41) is 7.15. The number of hydrogen-bond acceptors (Lipinski definition) is 3. The molecule has 1 unspecified atom stereocenters. The predicted octanol–water partition coefficient (Wildman–Crippen LogP) is 1.88. The van der Waals surface area contributed by atoms with Crippen LogP contribution in [0.1, 0.15) is 24.3 Å². The monoisotopic (exact) mass is 312 g/mol. The lowest BCUT2D eigenvalue weighted by Crippen LogP contribution is -2.36. The quantitative estimate of drug-likeness (QED) is 0.794. The molecule has 5 heteroatoms. The van der Waals surface area contributed by atoms with Crippen LogP contribution >= 0.6 is 0 Å². The smallest absolute Gasteiger partial charge is 0.234 e. The van der Waals surface area contributed by atoms with Crippen molar-refractivity contribution in [2.24, 2.45) is 0 Å². The Bertz CT molecular complexity index is 597. The zero-order valence-electron chi connectivity index (χ0n) is 13.4. The lowest BCUT2D eigenvalue weighted by molar-refractivity contribution is -0.122. The van der Waals surface area contributed by atoms with Crippen molar-refractivity contribution < 1.29 is 4.79 Å². The largest absolute Gasteiger partial charge is 0.355 e. The van der Waals surface area contributed by atoms with Crippen LogP contribution < -0.4 is 5.32 Å². The van der Waals surface area contributed by atoms with E-state index in [1.54, 1.807) is 6.20 Å². The van der Waals surface area contributed by atoms with Crippen molar-refractivity contribution >= 4 is 5.91 Å². The predicted molar refractivity (Wildman–Crippen MR) is 90.1 cm³/mol. The fourth-order valence-corrected chi connectivity index (χ4v) is 3.13. The molecule has 23 heavy (non-hydrogen) atoms. The summed E-state index contributed by atoms with van der Waals surface area (Å²) in [7, 11) is 0. The van der Waals surface area contributed by atoms with Gasteiger partial charge in [0, 0.05) is 32.0 Å². The average molecular weight is 312 g/mol. The van der Waals surface area contributed by atoms with Crippen molar-refractivity contribution in [2.45, 2.75) is 25.3 Å². The molecule has 1 N–H and O–H groups in total. The lowest BCUT2D eigenvalue weighted by Gasteiger charge is -2.16. The Hall–Kier alpha value is -2.14. The van der Waals surface area contributed by atoms with E-state index in [-0.39, 0.29) is 5.91 Å². The molecular weight excluding hydrogens is 288 g/mol. The van der Waals surface area contributed by atoms with Crippen LogP contribution in [0.3, 0.4) is 0 Å². The first-order chi connectivity index (χ1) is 11.3. The summed E-state index contributed by atoms with van der Waals surface area (Å²) in [6, 6.07) is 12.5. The number of nitrogens with zero attached hydrogens (tertiary/aromatic N) is 3. The zero-order chi connectivity index (χ0) is 15.9. The first-order valence-electron chi connectivity index (χ1n) is 8.33. The highest BCUT2D eigenvalue weighted by Crippen LogP contribution is 2.26. The Labute approximate surface area is 137 Å². The number of nitrogens with one attached hydrogen (secondary N) is 1. The van der Waals surface area contributed by atoms with Gasteiger partial charge < -0.3 is 5.32 Å². The molecule has 122 valence electrons. The van der Waals surface area contributed by atoms with E-state index in [4.69, 9.17) is 0 Å². The van der Waals surface area contributed by atoms with E-state index in [0.29, 0.717) is 19.0 Å². The molecule has 0 bridgehead atoms. The molecule has 1 aliphatic rings. The molecule has 1 aromatic carbocycles. The van der Waals surface area contributed by atoms with E-state index >= 15 is 0 Å². The maximum absolute atomic E-state index is 12.0. The summed E-state index contributed by atoms with van der Waals surface area (Å²) in [6.07, 6.45) is 5.75. The van der Waals surface area contributed by atoms with Gasteiger partial charge in [0.2, 0.25) is 5.91 Å². The molecule has 2 aromatic rings. The highest BCUT2D eigenvalue weighted by molar-refractivity contribution is 5.78. The number of hydrogen-bond donors (Lipinski definition) is 1. The molecule has 1 fully saturated rings. The van der Waals surface area contributed by atoms with Crippen molar-refractivity contribution in [3.05, 3.63) is 54.4 Å². The fraction of sp³-hybridized carbons (Fsp3) is 0.444. The van der Waals surface area contributed by atoms with E-state index in [1.165, 1.54) is 5.56 Å². The van der Waals surface area contributed by atoms with E-state index in [9.17, 15) is 4.79 Å². The summed E-state index contributed by atoms with van der Waals surface area (Å²) < 4.78 is 1.89. The number of likely N-dealkylation sites (tertiary alicyclic amines) is 1. The molecule has 1 saturated heterocycles. The standard InChI is InChI=1S/C18H24N4O/c23-18(19-9-4-11-22-12-5-10-20-22)15-21-13-8-17(14-21)16-6-2-1-3-7-16/h1-3,5-7,10,12,17H,4,8-9,11,13-15H2,(H,19,23). The number of aromatic nitrogens is 2. The minimum Gasteiger partial charge on any atom is -0.355 e. The summed E-state index contributed by atoms with van der Waals surface area (Å²) >= 11 is 0. The van der Waals surface area contributed by atoms with Crippen LogP contribution in [0.5, 0.6) is 0 Å². The first kappa shape index (κ1) is 15.7. The number of amides is 1. The maximum atomic E-state index is 12.0. The minimum atomic E-state index is 0.124. The summed E-state index contributed by atoms with van der Waals surface area (Å²) in [4.78, 5) is 14.3. The molecule has 1 atom stereocenters. The topological polar surface area (TPSA) is 50.2 Å². The van der Waals surface area contributed by atoms with Crippen molar-refractivity contribution in [1.29, 1.82) is 0 Å². The van der Waals surface area contributed by atoms with Gasteiger partial charge in [-0.05, 0) is 36.9 Å². The van der Waals surface area contributed by atoms with Crippen LogP contribution in [-0.2, 0) is 11.3 Å². The van der Waals surface area contributed by atoms with E-state index in [2.05, 4.69) is 39.6 Å². The second-order valence-corrected chi connectivity index (χ2v) is 6.10. The van der Waals surface area contributed by atoms with Gasteiger partial charge in [-0.2, -0.15) is 5.10 Å². The lowest BCUT2D eigenvalue weighted by atomic mass is 9.99. The molecule has 1 aromatic heterocycles. The normalized spacial score (nSPS) is 18.2. The first-order valence-corrected chi connectivity index (χ1v) is 8.33. The van der Waals surface area contributed by atoms with Crippen LogP contribution in [0.2, 0.25) is 0 Å². The molecule has 3 rings (SSSR count). The summed E-state index contributed by atoms with van der Waals surface area (Å²) in [6.45, 7) is 4.03. The van der Waals surface area contributed by atoms with Gasteiger partial charge in [-0.25, -0.2) is 0 Å². The van der Waals surface area contributed by atoms with Gasteiger partial charge in [0.1, 0.15) is 0 Å². The van der Waals surface area contributed by atoms with E-state index in [1.807, 2.05) is 23.0 Å². The summed E-state index contributed by atoms with van der Waals surface area (Å²) in [5.41, 5.74) is 1.38. The van der Waals surface area contributed by atoms with Crippen LogP contribution in [0, 0.1) is 0 Å². The number of rotatable bonds is 7. The molecule has 0 spiro atoms. The number of carbonyl (C=O) groups is 1. The van der Waals surface area contributed by atoms with Crippen molar-refractivity contribution in [1.82, 2.24) is 20.0 Å². The fourth-order valence-electron chi connectivity index (χ4n) is 3.13. The Kier molecular flexibility index (Phi) is 5.42. The van der Waals surface area contributed by atoms with Gasteiger partial charge in [-0.15, -0.1) is 0 Å². The highest BCUT2D eigenvalue weighted by Gasteiger charge is 2.24. The minimum absolute atomic E-state index is 0.124. The van der Waals surface area contributed by atoms with Crippen molar-refractivity contribution in [2.75, 3.05) is 26.2 Å². The third-order valence-corrected chi connectivity index (χ3v) is 4.36. The Morgan fingerprint density at radius 2 is 2.13 bits per heavy atom. The Morgan fingerprint density at radius 1 is 1.26 bits per heavy atom. The average Bonchev–Trinajstić information content (AvgIpc) is 3.24. The van der Waals surface area contributed by atoms with Crippen LogP contribution in [0.25, 0.3) is 0 Å². The number of carbonyl (C=O) groups excluding carboxylic acids is 1. The Balaban J connectivity index is 1.34. The molecular formula is C18H24N4O. The van der Waals surface area contributed by atoms with Gasteiger partial charge in [-0.1, -0.05) is 30.3 Å². The SMILES string of the molecule is O=C(CN1CCC(c2ccccc2)C1)NCCCn1cccn1. The molecule has 0 saturated carbocycles. The van der Waals surface area contributed by atoms with Crippen LogP contribution in [-0.4, -0.2) is 46.8 Å². The third-order valence-electron chi connectivity index (χ3n) is 4.36. The van der Waals surface area contributed by atoms with Crippen molar-refractivity contribution in [3.63, 3.8) is 0 Å². The molecule has 2 heterocycles. The van der Waals surface area contributed by atoms with Gasteiger partial charge in [-0.3, -0.25) is 14.4 Å². The van der Waals surface area contributed by atoms with E-state index < -0.39 is 0 Å². The van der Waals surface area contributed by atoms with Gasteiger partial charge in [0.15, 0.2) is 0 Å². The van der Waals surface area contributed by atoms with Crippen LogP contribution in [0.4, 0.5) is 0 Å². The number of aryl methyl sites for hydroxylation is 1. The third kappa shape index (κ3) is 4.66. The zero-order valence-corrected chi connectivity index (χ0v) is 13.4. The molecule has 1 amide bonds. The second-order valence-electron chi connectivity index (χ2n) is 6.10. The molecule has 0 radical (unpaired) electrons.